The molecule has 0 aromatic heterocycles. The molecule has 0 aromatic carbocycles. The summed E-state index contributed by atoms with van der Waals surface area (Å²) >= 11 is 0. The van der Waals surface area contributed by atoms with E-state index < -0.39 is 8.80 Å². The van der Waals surface area contributed by atoms with Crippen molar-refractivity contribution in [2.45, 2.75) is 33.5 Å². The van der Waals surface area contributed by atoms with Crippen molar-refractivity contribution in [1.82, 2.24) is 0 Å². The van der Waals surface area contributed by atoms with Crippen LogP contribution in [0.5, 0.6) is 0 Å². The highest BCUT2D eigenvalue weighted by atomic mass is 28.4. The van der Waals surface area contributed by atoms with Crippen molar-refractivity contribution in [3.63, 3.8) is 0 Å². The van der Waals surface area contributed by atoms with Gasteiger partial charge in [0, 0.05) is 19.8 Å². The molecule has 1 unspecified atom stereocenters. The van der Waals surface area contributed by atoms with Crippen molar-refractivity contribution in [1.29, 1.82) is 0 Å². The Bertz CT molecular complexity index is 180. The van der Waals surface area contributed by atoms with Gasteiger partial charge >= 0.3 is 8.80 Å². The topological polar surface area (TPSA) is 49.5 Å². The predicted molar refractivity (Wildman–Crippen MR) is 60.9 cm³/mol. The number of hydrogen-bond acceptors (Lipinski definition) is 5. The molecule has 1 atom stereocenters. The second-order valence-electron chi connectivity index (χ2n) is 3.48. The number of epoxide rings is 1. The second-order valence-corrected chi connectivity index (χ2v) is 5.95. The summed E-state index contributed by atoms with van der Waals surface area (Å²) in [5, 5.41) is 0. The van der Waals surface area contributed by atoms with Gasteiger partial charge in [0.15, 0.2) is 6.29 Å². The fourth-order valence-electron chi connectivity index (χ4n) is 1.32. The molecule has 96 valence electrons. The highest BCUT2D eigenvalue weighted by Gasteiger charge is 2.47. The molecule has 1 aliphatic rings. The van der Waals surface area contributed by atoms with E-state index in [1.54, 1.807) is 0 Å². The van der Waals surface area contributed by atoms with E-state index in [-0.39, 0.29) is 6.29 Å². The molecule has 0 bridgehead atoms. The molecular weight excluding hydrogens is 228 g/mol. The minimum Gasteiger partial charge on any atom is -0.377 e. The fourth-order valence-corrected chi connectivity index (χ4v) is 3.58. The lowest BCUT2D eigenvalue weighted by Crippen LogP contribution is -2.51. The summed E-state index contributed by atoms with van der Waals surface area (Å²) < 4.78 is 27.6. The smallest absolute Gasteiger partial charge is 0.377 e. The Kier molecular flexibility index (Phi) is 6.48. The van der Waals surface area contributed by atoms with Crippen molar-refractivity contribution in [2.24, 2.45) is 0 Å². The van der Waals surface area contributed by atoms with Crippen molar-refractivity contribution in [2.75, 3.05) is 32.7 Å². The average Bonchev–Trinajstić information content (AvgIpc) is 3.03. The molecule has 0 amide bonds. The van der Waals surface area contributed by atoms with Crippen LogP contribution in [0.1, 0.15) is 27.2 Å². The van der Waals surface area contributed by atoms with Crippen molar-refractivity contribution < 1.29 is 22.8 Å². The van der Waals surface area contributed by atoms with Gasteiger partial charge in [-0.2, -0.15) is 0 Å². The molecule has 0 aliphatic carbocycles. The van der Waals surface area contributed by atoms with Gasteiger partial charge in [0.25, 0.3) is 0 Å². The summed E-state index contributed by atoms with van der Waals surface area (Å²) in [4.78, 5) is 0. The van der Waals surface area contributed by atoms with E-state index in [2.05, 4.69) is 6.92 Å². The SMILES string of the molecule is CCCOC[Si](OCC)(OCC)OC1CO1. The van der Waals surface area contributed by atoms with E-state index in [9.17, 15) is 0 Å². The monoisotopic (exact) mass is 250 g/mol. The van der Waals surface area contributed by atoms with Crippen LogP contribution in [-0.2, 0) is 22.8 Å². The molecule has 0 aromatic rings. The lowest BCUT2D eigenvalue weighted by atomic mass is 10.5. The Morgan fingerprint density at radius 3 is 2.25 bits per heavy atom. The van der Waals surface area contributed by atoms with Gasteiger partial charge < -0.3 is 22.8 Å². The fraction of sp³-hybridized carbons (Fsp3) is 1.00. The summed E-state index contributed by atoms with van der Waals surface area (Å²) in [5.74, 6) is 0. The lowest BCUT2D eigenvalue weighted by molar-refractivity contribution is 0.00217. The molecule has 0 N–H and O–H groups in total. The largest absolute Gasteiger partial charge is 0.530 e. The third kappa shape index (κ3) is 4.90. The number of ether oxygens (including phenoxy) is 2. The van der Waals surface area contributed by atoms with Crippen LogP contribution < -0.4 is 0 Å². The van der Waals surface area contributed by atoms with Crippen LogP contribution in [-0.4, -0.2) is 47.8 Å². The molecule has 1 heterocycles. The van der Waals surface area contributed by atoms with Gasteiger partial charge in [-0.15, -0.1) is 0 Å². The van der Waals surface area contributed by atoms with Crippen molar-refractivity contribution >= 4 is 8.80 Å². The maximum Gasteiger partial charge on any atom is 0.530 e. The van der Waals surface area contributed by atoms with Gasteiger partial charge in [-0.1, -0.05) is 6.92 Å². The van der Waals surface area contributed by atoms with E-state index in [1.165, 1.54) is 0 Å². The van der Waals surface area contributed by atoms with Crippen LogP contribution >= 0.6 is 0 Å². The van der Waals surface area contributed by atoms with Crippen LogP contribution in [0.25, 0.3) is 0 Å². The summed E-state index contributed by atoms with van der Waals surface area (Å²) in [6.07, 6.45) is 1.22. The summed E-state index contributed by atoms with van der Waals surface area (Å²) in [7, 11) is -2.68. The van der Waals surface area contributed by atoms with Crippen molar-refractivity contribution in [3.05, 3.63) is 0 Å². The first-order chi connectivity index (χ1) is 7.76. The molecule has 5 nitrogen and oxygen atoms in total. The van der Waals surface area contributed by atoms with Crippen molar-refractivity contribution in [3.8, 4) is 0 Å². The van der Waals surface area contributed by atoms with E-state index in [1.807, 2.05) is 13.8 Å². The first-order valence-electron chi connectivity index (χ1n) is 5.91. The third-order valence-corrected chi connectivity index (χ3v) is 4.61. The Balaban J connectivity index is 2.45. The van der Waals surface area contributed by atoms with Gasteiger partial charge in [-0.25, -0.2) is 0 Å². The number of rotatable bonds is 10. The normalized spacial score (nSPS) is 20.1. The van der Waals surface area contributed by atoms with Gasteiger partial charge in [0.2, 0.25) is 0 Å². The standard InChI is InChI=1S/C10H22O5Si/c1-4-7-11-9-16(13-5-2,14-6-3)15-10-8-12-10/h10H,4-9H2,1-3H3. The molecule has 1 saturated heterocycles. The zero-order valence-electron chi connectivity index (χ0n) is 10.4. The molecule has 16 heavy (non-hydrogen) atoms. The Morgan fingerprint density at radius 2 is 1.81 bits per heavy atom. The average molecular weight is 250 g/mol. The molecule has 0 saturated carbocycles. The molecule has 1 rings (SSSR count). The Labute approximate surface area is 98.3 Å². The summed E-state index contributed by atoms with van der Waals surface area (Å²) in [6.45, 7) is 8.38. The molecule has 0 spiro atoms. The van der Waals surface area contributed by atoms with Gasteiger partial charge in [-0.3, -0.25) is 0 Å². The van der Waals surface area contributed by atoms with E-state index in [4.69, 9.17) is 22.8 Å². The molecule has 1 aliphatic heterocycles. The molecule has 1 fully saturated rings. The second kappa shape index (κ2) is 7.36. The minimum absolute atomic E-state index is 0.157. The molecule has 6 heteroatoms. The molecular formula is C10H22O5Si. The number of hydrogen-bond donors (Lipinski definition) is 0. The predicted octanol–water partition coefficient (Wildman–Crippen LogP) is 1.34. The minimum atomic E-state index is -2.68. The van der Waals surface area contributed by atoms with Crippen LogP contribution in [0.2, 0.25) is 0 Å². The van der Waals surface area contributed by atoms with Crippen LogP contribution in [0.3, 0.4) is 0 Å². The third-order valence-electron chi connectivity index (χ3n) is 1.97. The summed E-state index contributed by atoms with van der Waals surface area (Å²) in [5.41, 5.74) is 0. The van der Waals surface area contributed by atoms with E-state index in [0.29, 0.717) is 32.7 Å². The van der Waals surface area contributed by atoms with Gasteiger partial charge in [0.1, 0.15) is 12.8 Å². The maximum absolute atomic E-state index is 5.72. The highest BCUT2D eigenvalue weighted by molar-refractivity contribution is 6.60. The zero-order chi connectivity index (χ0) is 11.9. The van der Waals surface area contributed by atoms with Gasteiger partial charge in [-0.05, 0) is 20.3 Å². The first kappa shape index (κ1) is 14.1. The molecule has 0 radical (unpaired) electrons. The van der Waals surface area contributed by atoms with Gasteiger partial charge in [0.05, 0.1) is 0 Å². The summed E-state index contributed by atoms with van der Waals surface area (Å²) in [6, 6.07) is 0. The highest BCUT2D eigenvalue weighted by Crippen LogP contribution is 2.20. The lowest BCUT2D eigenvalue weighted by Gasteiger charge is -2.27. The Hall–Kier alpha value is 0.0169. The van der Waals surface area contributed by atoms with E-state index in [0.717, 1.165) is 6.42 Å². The first-order valence-corrected chi connectivity index (χ1v) is 7.84. The van der Waals surface area contributed by atoms with E-state index >= 15 is 0 Å². The van der Waals surface area contributed by atoms with Crippen LogP contribution in [0.15, 0.2) is 0 Å². The quantitative estimate of drug-likeness (QED) is 0.333. The van der Waals surface area contributed by atoms with Crippen LogP contribution in [0, 0.1) is 0 Å². The maximum atomic E-state index is 5.72. The zero-order valence-corrected chi connectivity index (χ0v) is 11.4. The Morgan fingerprint density at radius 1 is 1.19 bits per heavy atom. The van der Waals surface area contributed by atoms with Crippen LogP contribution in [0.4, 0.5) is 0 Å².